The van der Waals surface area contributed by atoms with Crippen LogP contribution in [-0.2, 0) is 9.16 Å². The molecule has 3 atom stereocenters. The maximum absolute atomic E-state index is 6.46. The van der Waals surface area contributed by atoms with Crippen molar-refractivity contribution in [1.29, 1.82) is 0 Å². The Balaban J connectivity index is 2.73. The molecule has 1 fully saturated rings. The van der Waals surface area contributed by atoms with Crippen molar-refractivity contribution in [3.63, 3.8) is 0 Å². The lowest BCUT2D eigenvalue weighted by Gasteiger charge is -2.43. The highest BCUT2D eigenvalue weighted by Crippen LogP contribution is 2.39. The van der Waals surface area contributed by atoms with Crippen LogP contribution in [0.15, 0.2) is 12.7 Å². The van der Waals surface area contributed by atoms with Gasteiger partial charge in [0.1, 0.15) is 6.10 Å². The molecule has 0 aromatic rings. The van der Waals surface area contributed by atoms with Gasteiger partial charge in [-0.05, 0) is 30.5 Å². The van der Waals surface area contributed by atoms with Crippen molar-refractivity contribution in [2.24, 2.45) is 5.92 Å². The van der Waals surface area contributed by atoms with Crippen molar-refractivity contribution < 1.29 is 9.16 Å². The Labute approximate surface area is 108 Å². The summed E-state index contributed by atoms with van der Waals surface area (Å²) in [6.07, 6.45) is 3.24. The van der Waals surface area contributed by atoms with Gasteiger partial charge in [-0.3, -0.25) is 0 Å². The van der Waals surface area contributed by atoms with Crippen LogP contribution in [0.3, 0.4) is 0 Å². The molecule has 100 valence electrons. The minimum atomic E-state index is -1.71. The van der Waals surface area contributed by atoms with Gasteiger partial charge in [-0.15, -0.1) is 6.58 Å². The maximum atomic E-state index is 6.46. The Bertz CT molecular complexity index is 268. The molecule has 0 aromatic carbocycles. The van der Waals surface area contributed by atoms with Crippen LogP contribution < -0.4 is 0 Å². The summed E-state index contributed by atoms with van der Waals surface area (Å²) in [5.74, 6) is 0.584. The van der Waals surface area contributed by atoms with E-state index in [2.05, 4.69) is 47.4 Å². The van der Waals surface area contributed by atoms with Crippen LogP contribution in [0.5, 0.6) is 0 Å². The van der Waals surface area contributed by atoms with E-state index in [9.17, 15) is 0 Å². The van der Waals surface area contributed by atoms with E-state index in [0.29, 0.717) is 5.92 Å². The fraction of sp³-hybridized carbons (Fsp3) is 0.857. The predicted octanol–water partition coefficient (Wildman–Crippen LogP) is 3.99. The zero-order valence-electron chi connectivity index (χ0n) is 12.2. The summed E-state index contributed by atoms with van der Waals surface area (Å²) in [5, 5.41) is 0.249. The highest BCUT2D eigenvalue weighted by molar-refractivity contribution is 6.74. The molecule has 0 bridgehead atoms. The van der Waals surface area contributed by atoms with Gasteiger partial charge in [0.05, 0.1) is 12.7 Å². The first-order valence-electron chi connectivity index (χ1n) is 6.59. The van der Waals surface area contributed by atoms with E-state index in [-0.39, 0.29) is 17.2 Å². The summed E-state index contributed by atoms with van der Waals surface area (Å²) in [6, 6.07) is 0. The first kappa shape index (κ1) is 14.9. The molecule has 0 saturated carbocycles. The fourth-order valence-corrected chi connectivity index (χ4v) is 3.21. The summed E-state index contributed by atoms with van der Waals surface area (Å²) in [5.41, 5.74) is 0. The van der Waals surface area contributed by atoms with Crippen molar-refractivity contribution in [3.8, 4) is 0 Å². The SMILES string of the molecule is C=C[C@@H]1OC[C@@H](C)C[C@H]1O[Si](C)(C)C(C)(C)C. The first-order chi connectivity index (χ1) is 7.67. The molecule has 0 spiro atoms. The molecule has 0 radical (unpaired) electrons. The molecule has 1 saturated heterocycles. The average Bonchev–Trinajstić information content (AvgIpc) is 2.15. The second-order valence-electron chi connectivity index (χ2n) is 6.79. The molecular weight excluding hydrogens is 228 g/mol. The van der Waals surface area contributed by atoms with Crippen molar-refractivity contribution in [2.45, 2.75) is 64.5 Å². The number of hydrogen-bond donors (Lipinski definition) is 0. The van der Waals surface area contributed by atoms with Crippen LogP contribution in [0.1, 0.15) is 34.1 Å². The van der Waals surface area contributed by atoms with Gasteiger partial charge in [0.15, 0.2) is 8.32 Å². The summed E-state index contributed by atoms with van der Waals surface area (Å²) in [6.45, 7) is 18.3. The average molecular weight is 256 g/mol. The van der Waals surface area contributed by atoms with Gasteiger partial charge in [0, 0.05) is 0 Å². The molecule has 0 amide bonds. The quantitative estimate of drug-likeness (QED) is 0.561. The third-order valence-corrected chi connectivity index (χ3v) is 8.56. The molecule has 3 heteroatoms. The van der Waals surface area contributed by atoms with E-state index >= 15 is 0 Å². The largest absolute Gasteiger partial charge is 0.411 e. The van der Waals surface area contributed by atoms with Crippen LogP contribution in [0, 0.1) is 5.92 Å². The maximum Gasteiger partial charge on any atom is 0.192 e. The first-order valence-corrected chi connectivity index (χ1v) is 9.50. The van der Waals surface area contributed by atoms with Gasteiger partial charge in [0.25, 0.3) is 0 Å². The highest BCUT2D eigenvalue weighted by Gasteiger charge is 2.41. The van der Waals surface area contributed by atoms with E-state index < -0.39 is 8.32 Å². The van der Waals surface area contributed by atoms with Gasteiger partial charge in [0.2, 0.25) is 0 Å². The lowest BCUT2D eigenvalue weighted by molar-refractivity contribution is -0.0651. The predicted molar refractivity (Wildman–Crippen MR) is 75.8 cm³/mol. The number of rotatable bonds is 3. The van der Waals surface area contributed by atoms with E-state index in [1.54, 1.807) is 0 Å². The zero-order chi connectivity index (χ0) is 13.3. The molecule has 1 rings (SSSR count). The molecule has 0 aromatic heterocycles. The third kappa shape index (κ3) is 3.67. The molecule has 2 nitrogen and oxygen atoms in total. The minimum absolute atomic E-state index is 0.0697. The second-order valence-corrected chi connectivity index (χ2v) is 11.5. The Kier molecular flexibility index (Phi) is 4.61. The second kappa shape index (κ2) is 5.25. The summed E-state index contributed by atoms with van der Waals surface area (Å²) >= 11 is 0. The summed E-state index contributed by atoms with van der Waals surface area (Å²) in [7, 11) is -1.71. The molecule has 0 N–H and O–H groups in total. The Morgan fingerprint density at radius 2 is 1.94 bits per heavy atom. The third-order valence-electron chi connectivity index (χ3n) is 4.06. The van der Waals surface area contributed by atoms with Crippen molar-refractivity contribution in [2.75, 3.05) is 6.61 Å². The van der Waals surface area contributed by atoms with Crippen LogP contribution in [0.25, 0.3) is 0 Å². The van der Waals surface area contributed by atoms with Crippen LogP contribution in [0.4, 0.5) is 0 Å². The molecule has 1 aliphatic rings. The van der Waals surface area contributed by atoms with Crippen LogP contribution in [-0.4, -0.2) is 27.1 Å². The monoisotopic (exact) mass is 256 g/mol. The molecular formula is C14H28O2Si. The standard InChI is InChI=1S/C14H28O2Si/c1-8-12-13(9-11(2)10-15-12)16-17(6,7)14(3,4)5/h8,11-13H,1,9-10H2,2-7H3/t11-,12-,13+/m0/s1. The van der Waals surface area contributed by atoms with Gasteiger partial charge in [-0.25, -0.2) is 0 Å². The van der Waals surface area contributed by atoms with E-state index in [4.69, 9.17) is 9.16 Å². The van der Waals surface area contributed by atoms with E-state index in [0.717, 1.165) is 13.0 Å². The van der Waals surface area contributed by atoms with Gasteiger partial charge >= 0.3 is 0 Å². The number of hydrogen-bond acceptors (Lipinski definition) is 2. The summed E-state index contributed by atoms with van der Waals surface area (Å²) < 4.78 is 12.2. The zero-order valence-corrected chi connectivity index (χ0v) is 13.2. The van der Waals surface area contributed by atoms with Crippen LogP contribution >= 0.6 is 0 Å². The molecule has 17 heavy (non-hydrogen) atoms. The lowest BCUT2D eigenvalue weighted by Crippen LogP contribution is -2.49. The Hall–Kier alpha value is -0.123. The fourth-order valence-electron chi connectivity index (χ4n) is 1.87. The van der Waals surface area contributed by atoms with Crippen molar-refractivity contribution >= 4 is 8.32 Å². The number of ether oxygens (including phenoxy) is 1. The van der Waals surface area contributed by atoms with Gasteiger partial charge in [-0.1, -0.05) is 33.8 Å². The Morgan fingerprint density at radius 3 is 2.41 bits per heavy atom. The molecule has 0 aliphatic carbocycles. The molecule has 1 heterocycles. The minimum Gasteiger partial charge on any atom is -0.411 e. The van der Waals surface area contributed by atoms with Crippen LogP contribution in [0.2, 0.25) is 18.1 Å². The normalized spacial score (nSPS) is 31.3. The molecule has 1 aliphatic heterocycles. The van der Waals surface area contributed by atoms with E-state index in [1.807, 2.05) is 6.08 Å². The van der Waals surface area contributed by atoms with Crippen molar-refractivity contribution in [3.05, 3.63) is 12.7 Å². The van der Waals surface area contributed by atoms with Crippen molar-refractivity contribution in [1.82, 2.24) is 0 Å². The van der Waals surface area contributed by atoms with E-state index in [1.165, 1.54) is 0 Å². The smallest absolute Gasteiger partial charge is 0.192 e. The highest BCUT2D eigenvalue weighted by atomic mass is 28.4. The van der Waals surface area contributed by atoms with Gasteiger partial charge < -0.3 is 9.16 Å². The summed E-state index contributed by atoms with van der Waals surface area (Å²) in [4.78, 5) is 0. The molecule has 0 unspecified atom stereocenters. The Morgan fingerprint density at radius 1 is 1.35 bits per heavy atom. The van der Waals surface area contributed by atoms with Gasteiger partial charge in [-0.2, -0.15) is 0 Å². The topological polar surface area (TPSA) is 18.5 Å². The lowest BCUT2D eigenvalue weighted by atomic mass is 9.98.